The minimum Gasteiger partial charge on any atom is -0.494 e. The first-order valence-electron chi connectivity index (χ1n) is 9.07. The number of halogens is 3. The molecule has 0 aliphatic heterocycles. The van der Waals surface area contributed by atoms with E-state index in [-0.39, 0.29) is 11.3 Å². The fourth-order valence-electron chi connectivity index (χ4n) is 3.02. The van der Waals surface area contributed by atoms with Gasteiger partial charge in [0.1, 0.15) is 23.0 Å². The first kappa shape index (κ1) is 22.5. The summed E-state index contributed by atoms with van der Waals surface area (Å²) in [5.41, 5.74) is 0.840. The van der Waals surface area contributed by atoms with Crippen molar-refractivity contribution >= 4 is 35.1 Å². The van der Waals surface area contributed by atoms with E-state index in [1.165, 1.54) is 43.5 Å². The van der Waals surface area contributed by atoms with Crippen molar-refractivity contribution < 1.29 is 23.8 Å². The van der Waals surface area contributed by atoms with Gasteiger partial charge in [-0.15, -0.1) is 0 Å². The summed E-state index contributed by atoms with van der Waals surface area (Å²) in [4.78, 5) is 28.5. The minimum atomic E-state index is -1.19. The van der Waals surface area contributed by atoms with Gasteiger partial charge < -0.3 is 15.2 Å². The van der Waals surface area contributed by atoms with E-state index in [0.29, 0.717) is 27.1 Å². The van der Waals surface area contributed by atoms with Crippen molar-refractivity contribution in [2.45, 2.75) is 12.5 Å². The van der Waals surface area contributed by atoms with Crippen molar-refractivity contribution in [2.75, 3.05) is 7.11 Å². The zero-order valence-electron chi connectivity index (χ0n) is 16.2. The highest BCUT2D eigenvalue weighted by Crippen LogP contribution is 2.35. The Morgan fingerprint density at radius 2 is 1.90 bits per heavy atom. The second-order valence-corrected chi connectivity index (χ2v) is 7.36. The molecule has 3 rings (SSSR count). The van der Waals surface area contributed by atoms with Gasteiger partial charge in [-0.1, -0.05) is 41.4 Å². The highest BCUT2D eigenvalue weighted by molar-refractivity contribution is 6.36. The quantitative estimate of drug-likeness (QED) is 0.506. The van der Waals surface area contributed by atoms with Crippen LogP contribution in [0.15, 0.2) is 54.6 Å². The summed E-state index contributed by atoms with van der Waals surface area (Å²) in [5, 5.41) is 12.5. The molecule has 0 saturated carbocycles. The number of hydrogen-bond acceptors (Lipinski definition) is 4. The summed E-state index contributed by atoms with van der Waals surface area (Å²) < 4.78 is 19.5. The standard InChI is InChI=1S/C22H17Cl2FN2O4/c1-31-19-9-8-17(26-21(19)13-7-6-12(23)10-15(13)24)22(30)27-18(11-20(28)29)14-4-2-3-5-16(14)25/h2-10,18H,11H2,1H3,(H,27,30)(H,28,29). The Bertz CT molecular complexity index is 1140. The lowest BCUT2D eigenvalue weighted by Crippen LogP contribution is -2.31. The Balaban J connectivity index is 1.97. The maximum absolute atomic E-state index is 14.2. The molecule has 3 aromatic rings. The van der Waals surface area contributed by atoms with E-state index in [4.69, 9.17) is 27.9 Å². The molecule has 0 bridgehead atoms. The van der Waals surface area contributed by atoms with Crippen LogP contribution >= 0.6 is 23.2 Å². The fourth-order valence-corrected chi connectivity index (χ4v) is 3.51. The van der Waals surface area contributed by atoms with Crippen LogP contribution in [0.3, 0.4) is 0 Å². The van der Waals surface area contributed by atoms with Gasteiger partial charge in [0.05, 0.1) is 24.6 Å². The van der Waals surface area contributed by atoms with Crippen LogP contribution < -0.4 is 10.1 Å². The molecule has 2 N–H and O–H groups in total. The lowest BCUT2D eigenvalue weighted by atomic mass is 10.0. The molecule has 6 nitrogen and oxygen atoms in total. The molecule has 31 heavy (non-hydrogen) atoms. The van der Waals surface area contributed by atoms with Gasteiger partial charge in [-0.3, -0.25) is 9.59 Å². The lowest BCUT2D eigenvalue weighted by molar-refractivity contribution is -0.137. The summed E-state index contributed by atoms with van der Waals surface area (Å²) in [6.45, 7) is 0. The Labute approximate surface area is 187 Å². The fraction of sp³-hybridized carbons (Fsp3) is 0.136. The maximum Gasteiger partial charge on any atom is 0.305 e. The molecule has 1 heterocycles. The average Bonchev–Trinajstić information content (AvgIpc) is 2.73. The molecular weight excluding hydrogens is 446 g/mol. The van der Waals surface area contributed by atoms with Crippen LogP contribution in [0.1, 0.15) is 28.5 Å². The first-order chi connectivity index (χ1) is 14.8. The van der Waals surface area contributed by atoms with E-state index >= 15 is 0 Å². The van der Waals surface area contributed by atoms with E-state index in [2.05, 4.69) is 10.3 Å². The molecule has 1 amide bonds. The van der Waals surface area contributed by atoms with E-state index in [1.54, 1.807) is 18.2 Å². The Morgan fingerprint density at radius 3 is 2.55 bits per heavy atom. The third-order valence-corrected chi connectivity index (χ3v) is 5.01. The second kappa shape index (κ2) is 9.76. The van der Waals surface area contributed by atoms with E-state index in [0.717, 1.165) is 0 Å². The van der Waals surface area contributed by atoms with Gasteiger partial charge >= 0.3 is 5.97 Å². The number of ether oxygens (including phenoxy) is 1. The zero-order valence-corrected chi connectivity index (χ0v) is 17.7. The van der Waals surface area contributed by atoms with Crippen molar-refractivity contribution in [2.24, 2.45) is 0 Å². The number of aliphatic carboxylic acids is 1. The molecule has 0 aliphatic rings. The number of carboxylic acids is 1. The number of benzene rings is 2. The maximum atomic E-state index is 14.2. The van der Waals surface area contributed by atoms with E-state index in [9.17, 15) is 19.1 Å². The minimum absolute atomic E-state index is 0.0199. The highest BCUT2D eigenvalue weighted by Gasteiger charge is 2.23. The third-order valence-electron chi connectivity index (χ3n) is 4.46. The molecule has 160 valence electrons. The molecule has 0 spiro atoms. The highest BCUT2D eigenvalue weighted by atomic mass is 35.5. The molecule has 1 atom stereocenters. The lowest BCUT2D eigenvalue weighted by Gasteiger charge is -2.18. The van der Waals surface area contributed by atoms with Gasteiger partial charge in [-0.2, -0.15) is 0 Å². The Hall–Kier alpha value is -3.16. The Morgan fingerprint density at radius 1 is 1.16 bits per heavy atom. The number of aromatic nitrogens is 1. The van der Waals surface area contributed by atoms with Crippen LogP contribution in [-0.4, -0.2) is 29.1 Å². The van der Waals surface area contributed by atoms with E-state index < -0.39 is 30.2 Å². The van der Waals surface area contributed by atoms with Crippen molar-refractivity contribution in [3.63, 3.8) is 0 Å². The summed E-state index contributed by atoms with van der Waals surface area (Å²) >= 11 is 12.2. The van der Waals surface area contributed by atoms with Gasteiger partial charge in [-0.25, -0.2) is 9.37 Å². The second-order valence-electron chi connectivity index (χ2n) is 6.52. The van der Waals surface area contributed by atoms with Gasteiger partial charge in [0.15, 0.2) is 0 Å². The number of carbonyl (C=O) groups excluding carboxylic acids is 1. The number of rotatable bonds is 7. The molecule has 0 saturated heterocycles. The number of nitrogens with zero attached hydrogens (tertiary/aromatic N) is 1. The largest absolute Gasteiger partial charge is 0.494 e. The summed E-state index contributed by atoms with van der Waals surface area (Å²) in [7, 11) is 1.45. The average molecular weight is 463 g/mol. The van der Waals surface area contributed by atoms with Crippen LogP contribution in [0.4, 0.5) is 4.39 Å². The number of carbonyl (C=O) groups is 2. The smallest absolute Gasteiger partial charge is 0.305 e. The number of pyridine rings is 1. The van der Waals surface area contributed by atoms with Crippen LogP contribution in [0.25, 0.3) is 11.3 Å². The normalized spacial score (nSPS) is 11.6. The molecular formula is C22H17Cl2FN2O4. The number of carboxylic acid groups (broad SMARTS) is 1. The van der Waals surface area contributed by atoms with Crippen LogP contribution in [-0.2, 0) is 4.79 Å². The van der Waals surface area contributed by atoms with Crippen LogP contribution in [0.5, 0.6) is 5.75 Å². The summed E-state index contributed by atoms with van der Waals surface area (Å²) in [5.74, 6) is -2.12. The zero-order chi connectivity index (χ0) is 22.5. The number of amides is 1. The first-order valence-corrected chi connectivity index (χ1v) is 9.83. The van der Waals surface area contributed by atoms with Gasteiger partial charge in [0.25, 0.3) is 5.91 Å². The predicted molar refractivity (Wildman–Crippen MR) is 115 cm³/mol. The molecule has 0 aliphatic carbocycles. The van der Waals surface area contributed by atoms with Gasteiger partial charge in [0.2, 0.25) is 0 Å². The van der Waals surface area contributed by atoms with Gasteiger partial charge in [0, 0.05) is 16.1 Å². The molecule has 1 aromatic heterocycles. The Kier molecular flexibility index (Phi) is 7.09. The third kappa shape index (κ3) is 5.31. The predicted octanol–water partition coefficient (Wildman–Crippen LogP) is 5.15. The van der Waals surface area contributed by atoms with Crippen molar-refractivity contribution in [3.8, 4) is 17.0 Å². The summed E-state index contributed by atoms with van der Waals surface area (Å²) in [6.07, 6.45) is -0.501. The van der Waals surface area contributed by atoms with Crippen LogP contribution in [0.2, 0.25) is 10.0 Å². The number of nitrogens with one attached hydrogen (secondary N) is 1. The molecule has 2 aromatic carbocycles. The molecule has 1 unspecified atom stereocenters. The van der Waals surface area contributed by atoms with E-state index in [1.807, 2.05) is 0 Å². The van der Waals surface area contributed by atoms with Crippen LogP contribution in [0, 0.1) is 5.82 Å². The topological polar surface area (TPSA) is 88.5 Å². The monoisotopic (exact) mass is 462 g/mol. The van der Waals surface area contributed by atoms with Crippen molar-refractivity contribution in [3.05, 3.63) is 81.7 Å². The van der Waals surface area contributed by atoms with Crippen molar-refractivity contribution in [1.82, 2.24) is 10.3 Å². The molecule has 0 radical (unpaired) electrons. The van der Waals surface area contributed by atoms with Gasteiger partial charge in [-0.05, 0) is 36.4 Å². The molecule has 9 heteroatoms. The SMILES string of the molecule is COc1ccc(C(=O)NC(CC(=O)O)c2ccccc2F)nc1-c1ccc(Cl)cc1Cl. The molecule has 0 fully saturated rings. The number of hydrogen-bond donors (Lipinski definition) is 2. The summed E-state index contributed by atoms with van der Waals surface area (Å²) in [6, 6.07) is 12.3. The number of methoxy groups -OCH3 is 1. The van der Waals surface area contributed by atoms with Crippen molar-refractivity contribution in [1.29, 1.82) is 0 Å².